The normalized spacial score (nSPS) is 14.9. The van der Waals surface area contributed by atoms with E-state index in [2.05, 4.69) is 19.1 Å². The summed E-state index contributed by atoms with van der Waals surface area (Å²) in [6.45, 7) is 8.51. The van der Waals surface area contributed by atoms with Crippen LogP contribution >= 0.6 is 11.8 Å². The summed E-state index contributed by atoms with van der Waals surface area (Å²) in [4.78, 5) is 13.9. The zero-order valence-electron chi connectivity index (χ0n) is 14.1. The number of hydrogen-bond donors (Lipinski definition) is 0. The van der Waals surface area contributed by atoms with Crippen molar-refractivity contribution in [2.24, 2.45) is 0 Å². The number of unbranched alkanes of at least 4 members (excludes halogenated alkanes) is 1. The lowest BCUT2D eigenvalue weighted by molar-refractivity contribution is -0.130. The first-order valence-corrected chi connectivity index (χ1v) is 9.52. The number of ether oxygens (including phenoxy) is 1. The summed E-state index contributed by atoms with van der Waals surface area (Å²) >= 11 is 1.86. The van der Waals surface area contributed by atoms with Crippen molar-refractivity contribution < 1.29 is 9.53 Å². The molecular weight excluding hydrogens is 294 g/mol. The first-order valence-electron chi connectivity index (χ1n) is 8.37. The molecular formula is C18H29NO2S. The first kappa shape index (κ1) is 18.9. The molecule has 1 aliphatic rings. The Bertz CT molecular complexity index is 420. The highest BCUT2D eigenvalue weighted by Gasteiger charge is 2.16. The standard InChI is InChI=1S/C16H23NO2S.C2H6/c1-2-3-10-19-15-6-4-14(5-7-15)13-17-9-12-20-11-8-16(17)18;1-2/h4-7H,2-3,8-13H2,1H3;1-2H3. The fourth-order valence-electron chi connectivity index (χ4n) is 2.13. The number of hydrogen-bond acceptors (Lipinski definition) is 3. The Hall–Kier alpha value is -1.16. The number of nitrogens with zero attached hydrogens (tertiary/aromatic N) is 1. The van der Waals surface area contributed by atoms with Gasteiger partial charge in [-0.2, -0.15) is 11.8 Å². The molecule has 0 saturated carbocycles. The number of benzene rings is 1. The third kappa shape index (κ3) is 6.73. The molecule has 4 heteroatoms. The summed E-state index contributed by atoms with van der Waals surface area (Å²) in [5.74, 6) is 3.20. The molecule has 1 aromatic rings. The smallest absolute Gasteiger partial charge is 0.223 e. The van der Waals surface area contributed by atoms with E-state index in [0.29, 0.717) is 13.0 Å². The lowest BCUT2D eigenvalue weighted by atomic mass is 10.2. The molecule has 22 heavy (non-hydrogen) atoms. The second-order valence-electron chi connectivity index (χ2n) is 5.02. The molecule has 0 radical (unpaired) electrons. The lowest BCUT2D eigenvalue weighted by Gasteiger charge is -2.20. The molecule has 0 N–H and O–H groups in total. The largest absolute Gasteiger partial charge is 0.494 e. The van der Waals surface area contributed by atoms with Crippen LogP contribution in [0.25, 0.3) is 0 Å². The van der Waals surface area contributed by atoms with Gasteiger partial charge in [-0.1, -0.05) is 39.3 Å². The second-order valence-corrected chi connectivity index (χ2v) is 6.25. The minimum absolute atomic E-state index is 0.276. The Labute approximate surface area is 139 Å². The van der Waals surface area contributed by atoms with Crippen molar-refractivity contribution in [1.82, 2.24) is 4.90 Å². The Morgan fingerprint density at radius 1 is 1.18 bits per heavy atom. The maximum atomic E-state index is 11.9. The lowest BCUT2D eigenvalue weighted by Crippen LogP contribution is -2.30. The maximum absolute atomic E-state index is 11.9. The highest BCUT2D eigenvalue weighted by molar-refractivity contribution is 7.99. The monoisotopic (exact) mass is 323 g/mol. The van der Waals surface area contributed by atoms with E-state index in [-0.39, 0.29) is 5.91 Å². The molecule has 2 rings (SSSR count). The maximum Gasteiger partial charge on any atom is 0.223 e. The average Bonchev–Trinajstić information content (AvgIpc) is 2.76. The summed E-state index contributed by atoms with van der Waals surface area (Å²) in [6, 6.07) is 8.13. The van der Waals surface area contributed by atoms with Gasteiger partial charge in [0.2, 0.25) is 5.91 Å². The van der Waals surface area contributed by atoms with Crippen molar-refractivity contribution in [3.05, 3.63) is 29.8 Å². The van der Waals surface area contributed by atoms with Crippen molar-refractivity contribution in [2.45, 2.75) is 46.6 Å². The van der Waals surface area contributed by atoms with Crippen molar-refractivity contribution in [3.8, 4) is 5.75 Å². The third-order valence-electron chi connectivity index (χ3n) is 3.38. The van der Waals surface area contributed by atoms with Crippen LogP contribution in [0.4, 0.5) is 0 Å². The van der Waals surface area contributed by atoms with E-state index in [4.69, 9.17) is 4.74 Å². The number of carbonyl (C=O) groups is 1. The molecule has 0 unspecified atom stereocenters. The van der Waals surface area contributed by atoms with Gasteiger partial charge < -0.3 is 9.64 Å². The van der Waals surface area contributed by atoms with Gasteiger partial charge in [-0.3, -0.25) is 4.79 Å². The van der Waals surface area contributed by atoms with Crippen LogP contribution in [0.5, 0.6) is 5.75 Å². The number of amides is 1. The van der Waals surface area contributed by atoms with E-state index in [9.17, 15) is 4.79 Å². The van der Waals surface area contributed by atoms with Gasteiger partial charge >= 0.3 is 0 Å². The van der Waals surface area contributed by atoms with Crippen LogP contribution in [-0.4, -0.2) is 35.5 Å². The minimum atomic E-state index is 0.276. The highest BCUT2D eigenvalue weighted by atomic mass is 32.2. The van der Waals surface area contributed by atoms with Crippen LogP contribution in [0.15, 0.2) is 24.3 Å². The van der Waals surface area contributed by atoms with Gasteiger partial charge in [-0.15, -0.1) is 0 Å². The molecule has 0 atom stereocenters. The quantitative estimate of drug-likeness (QED) is 0.729. The second kappa shape index (κ2) is 11.4. The van der Waals surface area contributed by atoms with Gasteiger partial charge in [0.05, 0.1) is 6.61 Å². The van der Waals surface area contributed by atoms with Gasteiger partial charge in [-0.25, -0.2) is 0 Å². The summed E-state index contributed by atoms with van der Waals surface area (Å²) < 4.78 is 5.65. The Morgan fingerprint density at radius 2 is 1.91 bits per heavy atom. The predicted molar refractivity (Wildman–Crippen MR) is 95.6 cm³/mol. The first-order chi connectivity index (χ1) is 10.8. The topological polar surface area (TPSA) is 29.5 Å². The summed E-state index contributed by atoms with van der Waals surface area (Å²) in [6.07, 6.45) is 2.90. The summed E-state index contributed by atoms with van der Waals surface area (Å²) in [7, 11) is 0. The van der Waals surface area contributed by atoms with Crippen molar-refractivity contribution in [1.29, 1.82) is 0 Å². The average molecular weight is 324 g/mol. The van der Waals surface area contributed by atoms with Crippen molar-refractivity contribution in [3.63, 3.8) is 0 Å². The van der Waals surface area contributed by atoms with E-state index in [1.54, 1.807) is 0 Å². The molecule has 1 heterocycles. The molecule has 1 aliphatic heterocycles. The molecule has 124 valence electrons. The van der Waals surface area contributed by atoms with Crippen LogP contribution in [0, 0.1) is 0 Å². The van der Waals surface area contributed by atoms with E-state index in [0.717, 1.165) is 43.2 Å². The Balaban J connectivity index is 0.00000116. The molecule has 1 fully saturated rings. The van der Waals surface area contributed by atoms with Crippen molar-refractivity contribution in [2.75, 3.05) is 24.7 Å². The summed E-state index contributed by atoms with van der Waals surface area (Å²) in [5, 5.41) is 0. The molecule has 3 nitrogen and oxygen atoms in total. The van der Waals surface area contributed by atoms with Gasteiger partial charge in [0.15, 0.2) is 0 Å². The molecule has 1 aromatic carbocycles. The fraction of sp³-hybridized carbons (Fsp3) is 0.611. The van der Waals surface area contributed by atoms with Crippen LogP contribution < -0.4 is 4.74 Å². The van der Waals surface area contributed by atoms with Crippen LogP contribution in [0.3, 0.4) is 0 Å². The SMILES string of the molecule is CC.CCCCOc1ccc(CN2CCSCCC2=O)cc1. The molecule has 0 bridgehead atoms. The number of thioether (sulfide) groups is 1. The molecule has 1 saturated heterocycles. The zero-order valence-corrected chi connectivity index (χ0v) is 15.0. The third-order valence-corrected chi connectivity index (χ3v) is 4.35. The number of rotatable bonds is 6. The van der Waals surface area contributed by atoms with Crippen LogP contribution in [0.1, 0.15) is 45.6 Å². The van der Waals surface area contributed by atoms with E-state index in [1.807, 2.05) is 42.6 Å². The molecule has 0 aromatic heterocycles. The van der Waals surface area contributed by atoms with Crippen LogP contribution in [-0.2, 0) is 11.3 Å². The Kier molecular flexibility index (Phi) is 9.80. The zero-order chi connectivity index (χ0) is 16.2. The molecule has 0 aliphatic carbocycles. The van der Waals surface area contributed by atoms with E-state index in [1.165, 1.54) is 5.56 Å². The Morgan fingerprint density at radius 3 is 2.59 bits per heavy atom. The highest BCUT2D eigenvalue weighted by Crippen LogP contribution is 2.17. The minimum Gasteiger partial charge on any atom is -0.494 e. The summed E-state index contributed by atoms with van der Waals surface area (Å²) in [5.41, 5.74) is 1.17. The van der Waals surface area contributed by atoms with Crippen molar-refractivity contribution >= 4 is 17.7 Å². The molecule has 1 amide bonds. The van der Waals surface area contributed by atoms with Gasteiger partial charge in [0, 0.05) is 31.0 Å². The predicted octanol–water partition coefficient (Wildman–Crippen LogP) is 4.36. The van der Waals surface area contributed by atoms with Gasteiger partial charge in [-0.05, 0) is 24.1 Å². The van der Waals surface area contributed by atoms with Crippen LogP contribution in [0.2, 0.25) is 0 Å². The number of carbonyl (C=O) groups excluding carboxylic acids is 1. The van der Waals surface area contributed by atoms with E-state index >= 15 is 0 Å². The molecule has 0 spiro atoms. The fourth-order valence-corrected chi connectivity index (χ4v) is 3.00. The van der Waals surface area contributed by atoms with E-state index < -0.39 is 0 Å². The van der Waals surface area contributed by atoms with Gasteiger partial charge in [0.25, 0.3) is 0 Å². The van der Waals surface area contributed by atoms with Gasteiger partial charge in [0.1, 0.15) is 5.75 Å².